The molecular weight excluding hydrogens is 290 g/mol. The van der Waals surface area contributed by atoms with Crippen molar-refractivity contribution in [1.29, 1.82) is 0 Å². The maximum absolute atomic E-state index is 10.4. The number of amides is 1. The van der Waals surface area contributed by atoms with E-state index in [-0.39, 0.29) is 5.91 Å². The SMILES string of the molecule is CCCCCCCCCCCC(N)=O.C[Si]1(C)CCCCO1. The minimum Gasteiger partial charge on any atom is -0.417 e. The third kappa shape index (κ3) is 16.0. The molecule has 0 bridgehead atoms. The molecule has 1 aliphatic heterocycles. The summed E-state index contributed by atoms with van der Waals surface area (Å²) in [6.45, 7) is 7.86. The van der Waals surface area contributed by atoms with Crippen molar-refractivity contribution < 1.29 is 9.22 Å². The molecule has 1 heterocycles. The Kier molecular flexibility index (Phi) is 14.0. The topological polar surface area (TPSA) is 52.3 Å². The lowest BCUT2D eigenvalue weighted by Crippen LogP contribution is -2.33. The Morgan fingerprint density at radius 1 is 0.955 bits per heavy atom. The summed E-state index contributed by atoms with van der Waals surface area (Å²) in [5.41, 5.74) is 5.05. The van der Waals surface area contributed by atoms with Crippen molar-refractivity contribution in [1.82, 2.24) is 0 Å². The molecule has 1 rings (SSSR count). The standard InChI is InChI=1S/C12H25NO.C6H14OSi/c1-2-3-4-5-6-7-8-9-10-11-12(13)14;1-8(2)6-4-3-5-7-8/h2-11H2,1H3,(H2,13,14);3-6H2,1-2H3. The van der Waals surface area contributed by atoms with Gasteiger partial charge in [-0.2, -0.15) is 0 Å². The maximum atomic E-state index is 10.4. The summed E-state index contributed by atoms with van der Waals surface area (Å²) in [4.78, 5) is 10.4. The van der Waals surface area contributed by atoms with Gasteiger partial charge in [-0.3, -0.25) is 4.79 Å². The fourth-order valence-electron chi connectivity index (χ4n) is 2.68. The first kappa shape index (κ1) is 21.6. The van der Waals surface area contributed by atoms with E-state index < -0.39 is 8.32 Å². The van der Waals surface area contributed by atoms with E-state index in [0.29, 0.717) is 6.42 Å². The van der Waals surface area contributed by atoms with Crippen LogP contribution in [-0.4, -0.2) is 20.8 Å². The van der Waals surface area contributed by atoms with Gasteiger partial charge in [-0.15, -0.1) is 0 Å². The van der Waals surface area contributed by atoms with Crippen molar-refractivity contribution in [2.75, 3.05) is 6.61 Å². The van der Waals surface area contributed by atoms with Gasteiger partial charge < -0.3 is 10.2 Å². The van der Waals surface area contributed by atoms with Crippen LogP contribution >= 0.6 is 0 Å². The largest absolute Gasteiger partial charge is 0.417 e. The van der Waals surface area contributed by atoms with Crippen LogP contribution in [0.15, 0.2) is 0 Å². The molecule has 0 unspecified atom stereocenters. The number of primary amides is 1. The molecule has 3 nitrogen and oxygen atoms in total. The van der Waals surface area contributed by atoms with E-state index in [4.69, 9.17) is 10.2 Å². The van der Waals surface area contributed by atoms with E-state index in [1.54, 1.807) is 0 Å². The van der Waals surface area contributed by atoms with Crippen molar-refractivity contribution in [3.63, 3.8) is 0 Å². The van der Waals surface area contributed by atoms with Crippen molar-refractivity contribution in [2.45, 2.75) is 103 Å². The summed E-state index contributed by atoms with van der Waals surface area (Å²) in [6, 6.07) is 1.37. The monoisotopic (exact) mass is 329 g/mol. The van der Waals surface area contributed by atoms with Gasteiger partial charge in [0.1, 0.15) is 0 Å². The quantitative estimate of drug-likeness (QED) is 0.431. The summed E-state index contributed by atoms with van der Waals surface area (Å²) in [6.07, 6.45) is 14.8. The molecule has 1 amide bonds. The van der Waals surface area contributed by atoms with Crippen LogP contribution < -0.4 is 5.73 Å². The highest BCUT2D eigenvalue weighted by Gasteiger charge is 2.24. The van der Waals surface area contributed by atoms with Gasteiger partial charge in [0.15, 0.2) is 8.32 Å². The van der Waals surface area contributed by atoms with Crippen LogP contribution in [0.3, 0.4) is 0 Å². The van der Waals surface area contributed by atoms with Gasteiger partial charge >= 0.3 is 0 Å². The Bertz CT molecular complexity index is 262. The fraction of sp³-hybridized carbons (Fsp3) is 0.944. The zero-order valence-corrected chi connectivity index (χ0v) is 16.3. The van der Waals surface area contributed by atoms with Gasteiger partial charge in [-0.25, -0.2) is 0 Å². The van der Waals surface area contributed by atoms with Crippen LogP contribution in [0, 0.1) is 0 Å². The van der Waals surface area contributed by atoms with E-state index >= 15 is 0 Å². The molecule has 1 saturated heterocycles. The van der Waals surface area contributed by atoms with Gasteiger partial charge in [-0.1, -0.05) is 64.7 Å². The molecule has 0 aliphatic carbocycles. The number of hydrogen-bond acceptors (Lipinski definition) is 2. The van der Waals surface area contributed by atoms with E-state index in [1.807, 2.05) is 0 Å². The lowest BCUT2D eigenvalue weighted by Gasteiger charge is -2.27. The van der Waals surface area contributed by atoms with Gasteiger partial charge in [0, 0.05) is 13.0 Å². The van der Waals surface area contributed by atoms with Gasteiger partial charge in [0.2, 0.25) is 5.91 Å². The fourth-order valence-corrected chi connectivity index (χ4v) is 4.63. The Morgan fingerprint density at radius 2 is 1.50 bits per heavy atom. The summed E-state index contributed by atoms with van der Waals surface area (Å²) < 4.78 is 5.60. The first-order valence-electron chi connectivity index (χ1n) is 9.40. The Hall–Kier alpha value is -0.353. The number of rotatable bonds is 10. The number of nitrogens with two attached hydrogens (primary N) is 1. The molecule has 0 radical (unpaired) electrons. The molecule has 22 heavy (non-hydrogen) atoms. The predicted octanol–water partition coefficient (Wildman–Crippen LogP) is 5.39. The molecule has 4 heteroatoms. The second kappa shape index (κ2) is 14.3. The molecule has 0 aromatic rings. The lowest BCUT2D eigenvalue weighted by molar-refractivity contribution is -0.118. The lowest BCUT2D eigenvalue weighted by atomic mass is 10.1. The Morgan fingerprint density at radius 3 is 1.86 bits per heavy atom. The van der Waals surface area contributed by atoms with Crippen molar-refractivity contribution >= 4 is 14.2 Å². The van der Waals surface area contributed by atoms with E-state index in [2.05, 4.69) is 20.0 Å². The van der Waals surface area contributed by atoms with Crippen molar-refractivity contribution in [3.05, 3.63) is 0 Å². The number of carbonyl (C=O) groups excluding carboxylic acids is 1. The van der Waals surface area contributed by atoms with E-state index in [1.165, 1.54) is 63.8 Å². The van der Waals surface area contributed by atoms with Crippen molar-refractivity contribution in [2.24, 2.45) is 5.73 Å². The molecule has 0 aromatic heterocycles. The molecular formula is C18H39NO2Si. The number of carbonyl (C=O) groups is 1. The summed E-state index contributed by atoms with van der Waals surface area (Å²) in [5, 5.41) is 0. The molecule has 132 valence electrons. The van der Waals surface area contributed by atoms with Crippen LogP contribution in [0.1, 0.15) is 84.0 Å². The third-order valence-electron chi connectivity index (χ3n) is 4.19. The third-order valence-corrected chi connectivity index (χ3v) is 6.74. The van der Waals surface area contributed by atoms with E-state index in [9.17, 15) is 4.79 Å². The Balaban J connectivity index is 0.000000461. The first-order chi connectivity index (χ1) is 10.5. The highest BCUT2D eigenvalue weighted by molar-refractivity contribution is 6.71. The number of hydrogen-bond donors (Lipinski definition) is 1. The summed E-state index contributed by atoms with van der Waals surface area (Å²) in [7, 11) is -1.09. The van der Waals surface area contributed by atoms with Crippen molar-refractivity contribution in [3.8, 4) is 0 Å². The van der Waals surface area contributed by atoms with Gasteiger partial charge in [0.25, 0.3) is 0 Å². The van der Waals surface area contributed by atoms with Crippen LogP contribution in [-0.2, 0) is 9.22 Å². The minimum atomic E-state index is -1.09. The summed E-state index contributed by atoms with van der Waals surface area (Å²) in [5.74, 6) is -0.159. The maximum Gasteiger partial charge on any atom is 0.217 e. The second-order valence-corrected chi connectivity index (χ2v) is 11.4. The molecule has 0 aromatic carbocycles. The molecule has 0 spiro atoms. The minimum absolute atomic E-state index is 0.159. The van der Waals surface area contributed by atoms with Crippen LogP contribution in [0.2, 0.25) is 19.1 Å². The smallest absolute Gasteiger partial charge is 0.217 e. The van der Waals surface area contributed by atoms with Gasteiger partial charge in [0.05, 0.1) is 0 Å². The normalized spacial score (nSPS) is 16.7. The van der Waals surface area contributed by atoms with Crippen LogP contribution in [0.25, 0.3) is 0 Å². The van der Waals surface area contributed by atoms with Gasteiger partial charge in [-0.05, 0) is 32.0 Å². The first-order valence-corrected chi connectivity index (χ1v) is 12.5. The molecule has 2 N–H and O–H groups in total. The average molecular weight is 330 g/mol. The Labute approximate surface area is 139 Å². The van der Waals surface area contributed by atoms with Crippen LogP contribution in [0.5, 0.6) is 0 Å². The highest BCUT2D eigenvalue weighted by atomic mass is 28.4. The van der Waals surface area contributed by atoms with Crippen LogP contribution in [0.4, 0.5) is 0 Å². The molecule has 0 saturated carbocycles. The predicted molar refractivity (Wildman–Crippen MR) is 98.5 cm³/mol. The molecule has 0 atom stereocenters. The molecule has 1 aliphatic rings. The zero-order valence-electron chi connectivity index (χ0n) is 15.3. The average Bonchev–Trinajstić information content (AvgIpc) is 2.46. The highest BCUT2D eigenvalue weighted by Crippen LogP contribution is 2.20. The summed E-state index contributed by atoms with van der Waals surface area (Å²) >= 11 is 0. The molecule has 1 fully saturated rings. The van der Waals surface area contributed by atoms with E-state index in [0.717, 1.165) is 19.4 Å². The second-order valence-electron chi connectivity index (χ2n) is 7.11. The number of unbranched alkanes of at least 4 members (excludes halogenated alkanes) is 8. The zero-order chi connectivity index (χ0) is 16.7.